The Morgan fingerprint density at radius 1 is 0.778 bits per heavy atom. The van der Waals surface area contributed by atoms with Gasteiger partial charge in [-0.15, -0.1) is 0 Å². The van der Waals surface area contributed by atoms with Crippen LogP contribution in [-0.2, 0) is 11.2 Å². The van der Waals surface area contributed by atoms with Gasteiger partial charge in [0, 0.05) is 29.9 Å². The number of hydrogen-bond donors (Lipinski definition) is 1. The first-order valence-corrected chi connectivity index (χ1v) is 11.4. The molecule has 0 unspecified atom stereocenters. The highest BCUT2D eigenvalue weighted by Crippen LogP contribution is 2.19. The van der Waals surface area contributed by atoms with E-state index in [1.54, 1.807) is 0 Å². The number of hydrogen-bond acceptors (Lipinski definition) is 1. The van der Waals surface area contributed by atoms with E-state index in [0.717, 1.165) is 23.9 Å². The number of aromatic nitrogens is 1. The Labute approximate surface area is 166 Å². The molecule has 2 rings (SSSR count). The largest absolute Gasteiger partial charge is 0.361 e. The fourth-order valence-electron chi connectivity index (χ4n) is 3.92. The van der Waals surface area contributed by atoms with E-state index in [0.29, 0.717) is 12.2 Å². The second-order valence-corrected chi connectivity index (χ2v) is 8.07. The summed E-state index contributed by atoms with van der Waals surface area (Å²) in [6.45, 7) is 2.28. The molecule has 0 aliphatic heterocycles. The number of rotatable bonds is 16. The molecule has 0 aliphatic rings. The Morgan fingerprint density at radius 2 is 1.33 bits per heavy atom. The second-order valence-electron chi connectivity index (χ2n) is 8.07. The lowest BCUT2D eigenvalue weighted by Gasteiger charge is -2.03. The maximum atomic E-state index is 12.2. The number of benzene rings is 1. The van der Waals surface area contributed by atoms with Crippen LogP contribution in [0.5, 0.6) is 0 Å². The van der Waals surface area contributed by atoms with Crippen LogP contribution in [0.3, 0.4) is 0 Å². The highest BCUT2D eigenvalue weighted by Gasteiger charge is 2.08. The van der Waals surface area contributed by atoms with Crippen LogP contribution in [-0.4, -0.2) is 10.8 Å². The number of carbonyl (C=O) groups excluding carboxylic acids is 1. The maximum absolute atomic E-state index is 12.2. The maximum Gasteiger partial charge on any atom is 0.137 e. The minimum absolute atomic E-state index is 0.378. The smallest absolute Gasteiger partial charge is 0.137 e. The molecule has 2 heteroatoms. The van der Waals surface area contributed by atoms with Gasteiger partial charge in [-0.05, 0) is 18.1 Å². The zero-order chi connectivity index (χ0) is 19.2. The molecule has 1 heterocycles. The molecule has 150 valence electrons. The zero-order valence-electron chi connectivity index (χ0n) is 17.4. The fourth-order valence-corrected chi connectivity index (χ4v) is 3.92. The van der Waals surface area contributed by atoms with E-state index in [1.807, 2.05) is 18.3 Å². The van der Waals surface area contributed by atoms with E-state index in [2.05, 4.69) is 24.0 Å². The predicted molar refractivity (Wildman–Crippen MR) is 117 cm³/mol. The number of para-hydroxylation sites is 1. The van der Waals surface area contributed by atoms with Gasteiger partial charge in [-0.25, -0.2) is 0 Å². The fraction of sp³-hybridized carbons (Fsp3) is 0.640. The predicted octanol–water partition coefficient (Wildman–Crippen LogP) is 7.76. The lowest BCUT2D eigenvalue weighted by atomic mass is 10.0. The summed E-state index contributed by atoms with van der Waals surface area (Å²) in [7, 11) is 0. The highest BCUT2D eigenvalue weighted by molar-refractivity contribution is 5.89. The third-order valence-corrected chi connectivity index (χ3v) is 5.62. The van der Waals surface area contributed by atoms with Gasteiger partial charge in [-0.1, -0.05) is 102 Å². The van der Waals surface area contributed by atoms with Gasteiger partial charge in [-0.2, -0.15) is 0 Å². The van der Waals surface area contributed by atoms with Crippen molar-refractivity contribution in [1.29, 1.82) is 0 Å². The third-order valence-electron chi connectivity index (χ3n) is 5.62. The summed E-state index contributed by atoms with van der Waals surface area (Å²) in [5.41, 5.74) is 2.27. The zero-order valence-corrected chi connectivity index (χ0v) is 17.4. The molecule has 1 aromatic heterocycles. The Balaban J connectivity index is 1.42. The van der Waals surface area contributed by atoms with Gasteiger partial charge in [0.15, 0.2) is 0 Å². The quantitative estimate of drug-likeness (QED) is 0.301. The second kappa shape index (κ2) is 13.6. The summed E-state index contributed by atoms with van der Waals surface area (Å²) in [6, 6.07) is 8.23. The number of unbranched alkanes of at least 4 members (excludes halogenated alkanes) is 12. The molecule has 0 bridgehead atoms. The van der Waals surface area contributed by atoms with Gasteiger partial charge in [0.05, 0.1) is 0 Å². The number of Topliss-reactive ketones (excluding diaryl/α,β-unsaturated/α-hetero) is 1. The van der Waals surface area contributed by atoms with E-state index < -0.39 is 0 Å². The molecule has 27 heavy (non-hydrogen) atoms. The average Bonchev–Trinajstić information content (AvgIpc) is 3.08. The standard InChI is InChI=1S/C25H39NO/c1-2-3-4-5-6-7-8-9-10-11-12-13-14-17-23(27)20-22-21-26-25-19-16-15-18-24(22)25/h15-16,18-19,21,26H,2-14,17,20H2,1H3. The molecular weight excluding hydrogens is 330 g/mol. The Morgan fingerprint density at radius 3 is 1.96 bits per heavy atom. The topological polar surface area (TPSA) is 32.9 Å². The van der Waals surface area contributed by atoms with E-state index in [4.69, 9.17) is 0 Å². The summed E-state index contributed by atoms with van der Waals surface area (Å²) in [5, 5.41) is 1.19. The van der Waals surface area contributed by atoms with Crippen molar-refractivity contribution >= 4 is 16.7 Å². The molecule has 2 nitrogen and oxygen atoms in total. The van der Waals surface area contributed by atoms with E-state index in [9.17, 15) is 4.79 Å². The monoisotopic (exact) mass is 369 g/mol. The first-order chi connectivity index (χ1) is 13.3. The van der Waals surface area contributed by atoms with E-state index >= 15 is 0 Å². The number of ketones is 1. The minimum Gasteiger partial charge on any atom is -0.361 e. The first kappa shape index (κ1) is 21.7. The van der Waals surface area contributed by atoms with Crippen molar-refractivity contribution in [3.8, 4) is 0 Å². The van der Waals surface area contributed by atoms with Gasteiger partial charge in [-0.3, -0.25) is 4.79 Å². The van der Waals surface area contributed by atoms with Crippen LogP contribution in [0.15, 0.2) is 30.5 Å². The van der Waals surface area contributed by atoms with Crippen LogP contribution in [0.2, 0.25) is 0 Å². The Kier molecular flexibility index (Phi) is 10.9. The molecule has 1 N–H and O–H groups in total. The number of H-pyrrole nitrogens is 1. The van der Waals surface area contributed by atoms with Crippen molar-refractivity contribution < 1.29 is 4.79 Å². The van der Waals surface area contributed by atoms with E-state index in [-0.39, 0.29) is 0 Å². The molecule has 2 aromatic rings. The molecule has 1 aromatic carbocycles. The molecular formula is C25H39NO. The summed E-state index contributed by atoms with van der Waals surface area (Å²) in [5.74, 6) is 0.378. The molecule has 0 amide bonds. The summed E-state index contributed by atoms with van der Waals surface area (Å²) < 4.78 is 0. The molecule has 0 aliphatic carbocycles. The number of fused-ring (bicyclic) bond motifs is 1. The summed E-state index contributed by atoms with van der Waals surface area (Å²) in [4.78, 5) is 15.5. The lowest BCUT2D eigenvalue weighted by Crippen LogP contribution is -2.02. The van der Waals surface area contributed by atoms with Crippen LogP contribution in [0.4, 0.5) is 0 Å². The normalized spacial score (nSPS) is 11.3. The molecule has 0 atom stereocenters. The van der Waals surface area contributed by atoms with Crippen LogP contribution in [0.1, 0.15) is 102 Å². The van der Waals surface area contributed by atoms with Crippen LogP contribution in [0.25, 0.3) is 10.9 Å². The van der Waals surface area contributed by atoms with Crippen molar-refractivity contribution in [2.75, 3.05) is 0 Å². The van der Waals surface area contributed by atoms with Gasteiger partial charge in [0.1, 0.15) is 5.78 Å². The van der Waals surface area contributed by atoms with Crippen molar-refractivity contribution in [1.82, 2.24) is 4.98 Å². The van der Waals surface area contributed by atoms with Gasteiger partial charge < -0.3 is 4.98 Å². The molecule has 0 radical (unpaired) electrons. The average molecular weight is 370 g/mol. The molecule has 0 spiro atoms. The highest BCUT2D eigenvalue weighted by atomic mass is 16.1. The summed E-state index contributed by atoms with van der Waals surface area (Å²) in [6.07, 6.45) is 20.8. The molecule has 0 saturated carbocycles. The summed E-state index contributed by atoms with van der Waals surface area (Å²) >= 11 is 0. The van der Waals surface area contributed by atoms with Crippen molar-refractivity contribution in [2.24, 2.45) is 0 Å². The van der Waals surface area contributed by atoms with Gasteiger partial charge >= 0.3 is 0 Å². The number of nitrogens with one attached hydrogen (secondary N) is 1. The number of carbonyl (C=O) groups is 1. The SMILES string of the molecule is CCCCCCCCCCCCCCCC(=O)Cc1c[nH]c2ccccc12. The molecule has 0 fully saturated rings. The minimum atomic E-state index is 0.378. The van der Waals surface area contributed by atoms with Crippen molar-refractivity contribution in [2.45, 2.75) is 103 Å². The number of aromatic amines is 1. The first-order valence-electron chi connectivity index (χ1n) is 11.4. The Hall–Kier alpha value is -1.57. The van der Waals surface area contributed by atoms with Crippen LogP contribution >= 0.6 is 0 Å². The van der Waals surface area contributed by atoms with Gasteiger partial charge in [0.25, 0.3) is 0 Å². The van der Waals surface area contributed by atoms with Crippen molar-refractivity contribution in [3.63, 3.8) is 0 Å². The van der Waals surface area contributed by atoms with Crippen molar-refractivity contribution in [3.05, 3.63) is 36.0 Å². The van der Waals surface area contributed by atoms with Crippen LogP contribution < -0.4 is 0 Å². The Bertz CT molecular complexity index is 643. The van der Waals surface area contributed by atoms with Crippen LogP contribution in [0, 0.1) is 0 Å². The third kappa shape index (κ3) is 8.77. The van der Waals surface area contributed by atoms with Gasteiger partial charge in [0.2, 0.25) is 0 Å². The molecule has 0 saturated heterocycles. The lowest BCUT2D eigenvalue weighted by molar-refractivity contribution is -0.118. The van der Waals surface area contributed by atoms with E-state index in [1.165, 1.54) is 82.4 Å².